The van der Waals surface area contributed by atoms with Gasteiger partial charge in [-0.05, 0) is 45.1 Å². The highest BCUT2D eigenvalue weighted by molar-refractivity contribution is 5.74. The van der Waals surface area contributed by atoms with Crippen molar-refractivity contribution >= 4 is 6.03 Å². The Morgan fingerprint density at radius 2 is 2.14 bits per heavy atom. The lowest BCUT2D eigenvalue weighted by molar-refractivity contribution is 0.235. The second kappa shape index (κ2) is 4.64. The first-order valence-electron chi connectivity index (χ1n) is 5.32. The van der Waals surface area contributed by atoms with E-state index < -0.39 is 0 Å². The molecule has 2 amide bonds. The van der Waals surface area contributed by atoms with Crippen molar-refractivity contribution in [2.45, 2.75) is 39.2 Å². The molecule has 1 fully saturated rings. The van der Waals surface area contributed by atoms with E-state index in [1.165, 1.54) is 12.8 Å². The largest absolute Gasteiger partial charge is 0.338 e. The maximum atomic E-state index is 11.3. The lowest BCUT2D eigenvalue weighted by Gasteiger charge is -2.16. The van der Waals surface area contributed by atoms with Crippen LogP contribution in [0.1, 0.15) is 33.1 Å². The molecular formula is C10H21N3O. The third-order valence-corrected chi connectivity index (χ3v) is 2.68. The Balaban J connectivity index is 2.17. The molecule has 0 heterocycles. The first-order chi connectivity index (χ1) is 6.58. The third-order valence-electron chi connectivity index (χ3n) is 2.68. The molecule has 1 rings (SSSR count). The molecule has 0 saturated heterocycles. The van der Waals surface area contributed by atoms with Gasteiger partial charge in [-0.3, -0.25) is 0 Å². The lowest BCUT2D eigenvalue weighted by Crippen LogP contribution is -2.42. The fraction of sp³-hybridized carbons (Fsp3) is 0.900. The first kappa shape index (κ1) is 11.3. The zero-order valence-electron chi connectivity index (χ0n) is 9.10. The molecule has 4 N–H and O–H groups in total. The van der Waals surface area contributed by atoms with Crippen LogP contribution in [0.5, 0.6) is 0 Å². The van der Waals surface area contributed by atoms with E-state index >= 15 is 0 Å². The minimum atomic E-state index is -0.0664. The second-order valence-electron chi connectivity index (χ2n) is 4.52. The van der Waals surface area contributed by atoms with Crippen molar-refractivity contribution in [1.82, 2.24) is 10.6 Å². The number of rotatable bonds is 5. The van der Waals surface area contributed by atoms with Crippen LogP contribution in [-0.4, -0.2) is 25.2 Å². The highest BCUT2D eigenvalue weighted by atomic mass is 16.2. The summed E-state index contributed by atoms with van der Waals surface area (Å²) in [5.41, 5.74) is 5.84. The van der Waals surface area contributed by atoms with Crippen molar-refractivity contribution in [3.63, 3.8) is 0 Å². The Kier molecular flexibility index (Phi) is 3.75. The van der Waals surface area contributed by atoms with E-state index in [2.05, 4.69) is 10.6 Å². The van der Waals surface area contributed by atoms with Gasteiger partial charge in [0.15, 0.2) is 0 Å². The summed E-state index contributed by atoms with van der Waals surface area (Å²) in [5, 5.41) is 5.70. The maximum absolute atomic E-state index is 11.3. The monoisotopic (exact) mass is 199 g/mol. The van der Waals surface area contributed by atoms with Crippen LogP contribution in [0.25, 0.3) is 0 Å². The molecule has 4 heteroatoms. The van der Waals surface area contributed by atoms with Gasteiger partial charge in [0.1, 0.15) is 0 Å². The maximum Gasteiger partial charge on any atom is 0.315 e. The van der Waals surface area contributed by atoms with Crippen LogP contribution in [0.3, 0.4) is 0 Å². The number of urea groups is 1. The molecule has 0 atom stereocenters. The van der Waals surface area contributed by atoms with E-state index in [0.29, 0.717) is 12.0 Å². The van der Waals surface area contributed by atoms with E-state index in [9.17, 15) is 4.79 Å². The summed E-state index contributed by atoms with van der Waals surface area (Å²) in [4.78, 5) is 11.3. The van der Waals surface area contributed by atoms with Gasteiger partial charge in [-0.25, -0.2) is 4.79 Å². The SMILES string of the molecule is CC(C)NC(=O)NCC1(CCN)CC1. The molecule has 1 aliphatic carbocycles. The highest BCUT2D eigenvalue weighted by Gasteiger charge is 2.41. The van der Waals surface area contributed by atoms with Gasteiger partial charge in [-0.15, -0.1) is 0 Å². The Hall–Kier alpha value is -0.770. The molecule has 0 spiro atoms. The number of hydrogen-bond acceptors (Lipinski definition) is 2. The number of nitrogens with one attached hydrogen (secondary N) is 2. The van der Waals surface area contributed by atoms with Gasteiger partial charge in [-0.2, -0.15) is 0 Å². The van der Waals surface area contributed by atoms with Crippen LogP contribution in [0.2, 0.25) is 0 Å². The van der Waals surface area contributed by atoms with E-state index in [-0.39, 0.29) is 12.1 Å². The Labute approximate surface area is 85.6 Å². The molecule has 0 aromatic rings. The van der Waals surface area contributed by atoms with E-state index in [4.69, 9.17) is 5.73 Å². The summed E-state index contributed by atoms with van der Waals surface area (Å²) in [6.45, 7) is 5.38. The third kappa shape index (κ3) is 3.54. The molecule has 0 bridgehead atoms. The number of carbonyl (C=O) groups is 1. The first-order valence-corrected chi connectivity index (χ1v) is 5.32. The standard InChI is InChI=1S/C10H21N3O/c1-8(2)13-9(14)12-7-10(3-4-10)5-6-11/h8H,3-7,11H2,1-2H3,(H2,12,13,14). The lowest BCUT2D eigenvalue weighted by atomic mass is 10.0. The number of carbonyl (C=O) groups excluding carboxylic acids is 1. The van der Waals surface area contributed by atoms with E-state index in [1.807, 2.05) is 13.8 Å². The van der Waals surface area contributed by atoms with Gasteiger partial charge in [-0.1, -0.05) is 0 Å². The fourth-order valence-corrected chi connectivity index (χ4v) is 1.58. The van der Waals surface area contributed by atoms with Crippen molar-refractivity contribution in [3.8, 4) is 0 Å². The summed E-state index contributed by atoms with van der Waals surface area (Å²) in [6, 6.07) is 0.128. The fourth-order valence-electron chi connectivity index (χ4n) is 1.58. The minimum Gasteiger partial charge on any atom is -0.338 e. The van der Waals surface area contributed by atoms with Gasteiger partial charge in [0.05, 0.1) is 0 Å². The predicted octanol–water partition coefficient (Wildman–Crippen LogP) is 0.823. The number of amides is 2. The smallest absolute Gasteiger partial charge is 0.315 e. The molecular weight excluding hydrogens is 178 g/mol. The topological polar surface area (TPSA) is 67.2 Å². The van der Waals surface area contributed by atoms with E-state index in [0.717, 1.165) is 13.0 Å². The van der Waals surface area contributed by atoms with Crippen molar-refractivity contribution < 1.29 is 4.79 Å². The molecule has 0 aromatic carbocycles. The molecule has 0 aliphatic heterocycles. The van der Waals surface area contributed by atoms with Crippen LogP contribution < -0.4 is 16.4 Å². The molecule has 4 nitrogen and oxygen atoms in total. The molecule has 14 heavy (non-hydrogen) atoms. The predicted molar refractivity (Wildman–Crippen MR) is 57.0 cm³/mol. The molecule has 82 valence electrons. The average molecular weight is 199 g/mol. The van der Waals surface area contributed by atoms with Crippen molar-refractivity contribution in [2.75, 3.05) is 13.1 Å². The molecule has 0 radical (unpaired) electrons. The Bertz CT molecular complexity index is 200. The summed E-state index contributed by atoms with van der Waals surface area (Å²) >= 11 is 0. The number of nitrogens with two attached hydrogens (primary N) is 1. The zero-order valence-corrected chi connectivity index (χ0v) is 9.10. The van der Waals surface area contributed by atoms with Crippen LogP contribution in [0, 0.1) is 5.41 Å². The summed E-state index contributed by atoms with van der Waals surface area (Å²) in [6.07, 6.45) is 3.42. The molecule has 0 unspecified atom stereocenters. The summed E-state index contributed by atoms with van der Waals surface area (Å²) < 4.78 is 0. The van der Waals surface area contributed by atoms with Gasteiger partial charge in [0.2, 0.25) is 0 Å². The van der Waals surface area contributed by atoms with Crippen molar-refractivity contribution in [2.24, 2.45) is 11.1 Å². The van der Waals surface area contributed by atoms with Crippen molar-refractivity contribution in [3.05, 3.63) is 0 Å². The van der Waals surface area contributed by atoms with Crippen LogP contribution >= 0.6 is 0 Å². The van der Waals surface area contributed by atoms with Crippen LogP contribution in [0.15, 0.2) is 0 Å². The van der Waals surface area contributed by atoms with Crippen molar-refractivity contribution in [1.29, 1.82) is 0 Å². The van der Waals surface area contributed by atoms with Gasteiger partial charge in [0.25, 0.3) is 0 Å². The summed E-state index contributed by atoms with van der Waals surface area (Å²) in [5.74, 6) is 0. The van der Waals surface area contributed by atoms with Gasteiger partial charge >= 0.3 is 6.03 Å². The Morgan fingerprint density at radius 3 is 2.57 bits per heavy atom. The quantitative estimate of drug-likeness (QED) is 0.613. The highest BCUT2D eigenvalue weighted by Crippen LogP contribution is 2.47. The minimum absolute atomic E-state index is 0.0664. The van der Waals surface area contributed by atoms with Gasteiger partial charge in [0, 0.05) is 12.6 Å². The van der Waals surface area contributed by atoms with Crippen LogP contribution in [0.4, 0.5) is 4.79 Å². The van der Waals surface area contributed by atoms with Gasteiger partial charge < -0.3 is 16.4 Å². The normalized spacial score (nSPS) is 18.0. The second-order valence-corrected chi connectivity index (χ2v) is 4.52. The molecule has 0 aromatic heterocycles. The molecule has 1 saturated carbocycles. The summed E-state index contributed by atoms with van der Waals surface area (Å²) in [7, 11) is 0. The van der Waals surface area contributed by atoms with E-state index in [1.54, 1.807) is 0 Å². The van der Waals surface area contributed by atoms with Crippen LogP contribution in [-0.2, 0) is 0 Å². The average Bonchev–Trinajstić information content (AvgIpc) is 2.82. The Morgan fingerprint density at radius 1 is 1.50 bits per heavy atom. The zero-order chi connectivity index (χ0) is 10.6. The number of hydrogen-bond donors (Lipinski definition) is 3. The molecule has 1 aliphatic rings.